The van der Waals surface area contributed by atoms with Crippen LogP contribution in [0, 0.1) is 0 Å². The number of thiazole rings is 1. The van der Waals surface area contributed by atoms with Gasteiger partial charge in [0.05, 0.1) is 22.9 Å². The van der Waals surface area contributed by atoms with Crippen LogP contribution in [0.3, 0.4) is 0 Å². The van der Waals surface area contributed by atoms with Gasteiger partial charge in [0.2, 0.25) is 0 Å². The first kappa shape index (κ1) is 21.2. The molecule has 158 valence electrons. The van der Waals surface area contributed by atoms with Gasteiger partial charge in [0, 0.05) is 0 Å². The molecule has 0 saturated carbocycles. The van der Waals surface area contributed by atoms with E-state index in [2.05, 4.69) is 4.98 Å². The standard InChI is InChI=1S/C24H21ClN2O3S/c1-2-29-18-11-13-19(14-12-18)30-16-22(28)27(15-17-7-4-3-5-8-17)24-26-23-20(25)9-6-10-21(23)31-24/h3-14H,2,15-16H2,1H3. The van der Waals surface area contributed by atoms with Crippen molar-refractivity contribution in [2.24, 2.45) is 0 Å². The maximum atomic E-state index is 13.2. The second kappa shape index (κ2) is 9.81. The predicted molar refractivity (Wildman–Crippen MR) is 125 cm³/mol. The highest BCUT2D eigenvalue weighted by Gasteiger charge is 2.21. The molecule has 0 unspecified atom stereocenters. The molecular formula is C24H21ClN2O3S. The molecule has 0 aliphatic heterocycles. The minimum Gasteiger partial charge on any atom is -0.494 e. The quantitative estimate of drug-likeness (QED) is 0.331. The lowest BCUT2D eigenvalue weighted by atomic mass is 10.2. The lowest BCUT2D eigenvalue weighted by Crippen LogP contribution is -2.34. The Kier molecular flexibility index (Phi) is 6.70. The number of hydrogen-bond donors (Lipinski definition) is 0. The van der Waals surface area contributed by atoms with Crippen LogP contribution in [-0.2, 0) is 11.3 Å². The Bertz CT molecular complexity index is 1160. The van der Waals surface area contributed by atoms with Gasteiger partial charge in [0.1, 0.15) is 17.0 Å². The third kappa shape index (κ3) is 5.16. The Balaban J connectivity index is 1.55. The zero-order valence-corrected chi connectivity index (χ0v) is 18.5. The molecule has 3 aromatic carbocycles. The van der Waals surface area contributed by atoms with Crippen molar-refractivity contribution < 1.29 is 14.3 Å². The summed E-state index contributed by atoms with van der Waals surface area (Å²) >= 11 is 7.73. The summed E-state index contributed by atoms with van der Waals surface area (Å²) in [5, 5.41) is 1.16. The Morgan fingerprint density at radius 1 is 0.968 bits per heavy atom. The van der Waals surface area contributed by atoms with Gasteiger partial charge in [-0.1, -0.05) is 59.3 Å². The Morgan fingerprint density at radius 2 is 1.68 bits per heavy atom. The van der Waals surface area contributed by atoms with Gasteiger partial charge in [0.15, 0.2) is 11.7 Å². The summed E-state index contributed by atoms with van der Waals surface area (Å²) in [7, 11) is 0. The summed E-state index contributed by atoms with van der Waals surface area (Å²) in [6, 6.07) is 22.6. The van der Waals surface area contributed by atoms with Crippen LogP contribution in [0.1, 0.15) is 12.5 Å². The Morgan fingerprint density at radius 3 is 2.35 bits per heavy atom. The van der Waals surface area contributed by atoms with Crippen molar-refractivity contribution in [3.8, 4) is 11.5 Å². The smallest absolute Gasteiger partial charge is 0.267 e. The normalized spacial score (nSPS) is 10.8. The van der Waals surface area contributed by atoms with Gasteiger partial charge in [-0.25, -0.2) is 4.98 Å². The van der Waals surface area contributed by atoms with Crippen LogP contribution in [-0.4, -0.2) is 24.1 Å². The first-order chi connectivity index (χ1) is 15.1. The molecule has 0 radical (unpaired) electrons. The van der Waals surface area contributed by atoms with Crippen LogP contribution in [0.2, 0.25) is 5.02 Å². The summed E-state index contributed by atoms with van der Waals surface area (Å²) in [6.07, 6.45) is 0. The van der Waals surface area contributed by atoms with E-state index in [0.29, 0.717) is 34.6 Å². The summed E-state index contributed by atoms with van der Waals surface area (Å²) in [5.41, 5.74) is 1.70. The lowest BCUT2D eigenvalue weighted by molar-refractivity contribution is -0.120. The van der Waals surface area contributed by atoms with Gasteiger partial charge in [0.25, 0.3) is 5.91 Å². The van der Waals surface area contributed by atoms with Gasteiger partial charge in [-0.2, -0.15) is 0 Å². The zero-order chi connectivity index (χ0) is 21.6. The van der Waals surface area contributed by atoms with Crippen LogP contribution in [0.4, 0.5) is 5.13 Å². The second-order valence-corrected chi connectivity index (χ2v) is 8.16. The van der Waals surface area contributed by atoms with Gasteiger partial charge < -0.3 is 9.47 Å². The largest absolute Gasteiger partial charge is 0.494 e. The number of aromatic nitrogens is 1. The highest BCUT2D eigenvalue weighted by molar-refractivity contribution is 7.22. The summed E-state index contributed by atoms with van der Waals surface area (Å²) in [4.78, 5) is 19.4. The molecule has 7 heteroatoms. The summed E-state index contributed by atoms with van der Waals surface area (Å²) < 4.78 is 12.1. The maximum absolute atomic E-state index is 13.2. The first-order valence-corrected chi connectivity index (χ1v) is 11.1. The molecule has 1 aromatic heterocycles. The van der Waals surface area contributed by atoms with Crippen molar-refractivity contribution in [3.63, 3.8) is 0 Å². The van der Waals surface area contributed by atoms with E-state index >= 15 is 0 Å². The third-order valence-corrected chi connectivity index (χ3v) is 5.92. The van der Waals surface area contributed by atoms with Crippen molar-refractivity contribution in [3.05, 3.63) is 83.4 Å². The second-order valence-electron chi connectivity index (χ2n) is 6.74. The molecule has 5 nitrogen and oxygen atoms in total. The summed E-state index contributed by atoms with van der Waals surface area (Å²) in [6.45, 7) is 2.81. The molecule has 0 spiro atoms. The van der Waals surface area contributed by atoms with E-state index in [1.165, 1.54) is 11.3 Å². The fourth-order valence-electron chi connectivity index (χ4n) is 3.07. The highest BCUT2D eigenvalue weighted by Crippen LogP contribution is 2.33. The number of ether oxygens (including phenoxy) is 2. The van der Waals surface area contributed by atoms with E-state index in [9.17, 15) is 4.79 Å². The van der Waals surface area contributed by atoms with E-state index in [4.69, 9.17) is 21.1 Å². The molecule has 0 aliphatic carbocycles. The number of carbonyl (C=O) groups is 1. The lowest BCUT2D eigenvalue weighted by Gasteiger charge is -2.20. The fraction of sp³-hybridized carbons (Fsp3) is 0.167. The van der Waals surface area contributed by atoms with Crippen LogP contribution >= 0.6 is 22.9 Å². The topological polar surface area (TPSA) is 51.7 Å². The molecular weight excluding hydrogens is 432 g/mol. The number of para-hydroxylation sites is 1. The number of nitrogens with zero attached hydrogens (tertiary/aromatic N) is 2. The number of hydrogen-bond acceptors (Lipinski definition) is 5. The molecule has 4 aromatic rings. The average Bonchev–Trinajstić information content (AvgIpc) is 3.23. The molecule has 0 aliphatic rings. The van der Waals surface area contributed by atoms with Crippen molar-refractivity contribution >= 4 is 44.2 Å². The van der Waals surface area contributed by atoms with Crippen LogP contribution in [0.15, 0.2) is 72.8 Å². The fourth-order valence-corrected chi connectivity index (χ4v) is 4.35. The SMILES string of the molecule is CCOc1ccc(OCC(=O)N(Cc2ccccc2)c2nc3c(Cl)cccc3s2)cc1. The van der Waals surface area contributed by atoms with Crippen molar-refractivity contribution in [1.82, 2.24) is 4.98 Å². The van der Waals surface area contributed by atoms with Crippen LogP contribution in [0.25, 0.3) is 10.2 Å². The minimum absolute atomic E-state index is 0.107. The van der Waals surface area contributed by atoms with Crippen LogP contribution in [0.5, 0.6) is 11.5 Å². The van der Waals surface area contributed by atoms with Gasteiger partial charge in [-0.15, -0.1) is 0 Å². The van der Waals surface area contributed by atoms with Gasteiger partial charge in [-0.3, -0.25) is 9.69 Å². The van der Waals surface area contributed by atoms with E-state index in [-0.39, 0.29) is 12.5 Å². The van der Waals surface area contributed by atoms with Crippen molar-refractivity contribution in [2.45, 2.75) is 13.5 Å². The van der Waals surface area contributed by atoms with E-state index < -0.39 is 0 Å². The number of anilines is 1. The molecule has 0 fully saturated rings. The molecule has 0 atom stereocenters. The Labute approximate surface area is 189 Å². The van der Waals surface area contributed by atoms with Gasteiger partial charge >= 0.3 is 0 Å². The number of amides is 1. The van der Waals surface area contributed by atoms with E-state index in [1.54, 1.807) is 23.1 Å². The monoisotopic (exact) mass is 452 g/mol. The maximum Gasteiger partial charge on any atom is 0.267 e. The summed E-state index contributed by atoms with van der Waals surface area (Å²) in [5.74, 6) is 1.18. The van der Waals surface area contributed by atoms with E-state index in [1.807, 2.05) is 61.5 Å². The third-order valence-electron chi connectivity index (χ3n) is 4.57. The first-order valence-electron chi connectivity index (χ1n) is 9.89. The number of fused-ring (bicyclic) bond motifs is 1. The minimum atomic E-state index is -0.187. The predicted octanol–water partition coefficient (Wildman–Crippen LogP) is 5.96. The molecule has 0 saturated heterocycles. The number of benzene rings is 3. The molecule has 4 rings (SSSR count). The molecule has 1 heterocycles. The van der Waals surface area contributed by atoms with Crippen molar-refractivity contribution in [2.75, 3.05) is 18.1 Å². The average molecular weight is 453 g/mol. The molecule has 1 amide bonds. The zero-order valence-electron chi connectivity index (χ0n) is 17.0. The van der Waals surface area contributed by atoms with Crippen LogP contribution < -0.4 is 14.4 Å². The highest BCUT2D eigenvalue weighted by atomic mass is 35.5. The number of carbonyl (C=O) groups excluding carboxylic acids is 1. The number of rotatable bonds is 8. The van der Waals surface area contributed by atoms with E-state index in [0.717, 1.165) is 16.0 Å². The Hall–Kier alpha value is -3.09. The molecule has 31 heavy (non-hydrogen) atoms. The number of halogens is 1. The molecule has 0 bridgehead atoms. The van der Waals surface area contributed by atoms with Crippen molar-refractivity contribution in [1.29, 1.82) is 0 Å². The molecule has 0 N–H and O–H groups in total. The van der Waals surface area contributed by atoms with Gasteiger partial charge in [-0.05, 0) is 48.9 Å².